The minimum Gasteiger partial charge on any atom is -0.428 e. The number of aromatic nitrogens is 2. The highest BCUT2D eigenvalue weighted by Gasteiger charge is 2.14. The summed E-state index contributed by atoms with van der Waals surface area (Å²) in [4.78, 5) is 15.7. The fraction of sp³-hybridized carbons (Fsp3) is 0. The lowest BCUT2D eigenvalue weighted by Gasteiger charge is -1.99. The predicted octanol–water partition coefficient (Wildman–Crippen LogP) is 2.87. The van der Waals surface area contributed by atoms with E-state index >= 15 is 0 Å². The van der Waals surface area contributed by atoms with Crippen molar-refractivity contribution >= 4 is 32.8 Å². The van der Waals surface area contributed by atoms with Gasteiger partial charge in [-0.05, 0) is 18.2 Å². The Morgan fingerprint density at radius 1 is 0.947 bits per heavy atom. The molecule has 4 aromatic rings. The number of benzene rings is 2. The van der Waals surface area contributed by atoms with Crippen LogP contribution in [0.1, 0.15) is 0 Å². The lowest BCUT2D eigenvalue weighted by Crippen LogP contribution is -2.07. The van der Waals surface area contributed by atoms with E-state index in [-0.39, 0.29) is 5.43 Å². The highest BCUT2D eigenvalue weighted by atomic mass is 16.5. The van der Waals surface area contributed by atoms with Crippen LogP contribution in [0.25, 0.3) is 32.8 Å². The van der Waals surface area contributed by atoms with Crippen LogP contribution in [0.15, 0.2) is 53.3 Å². The Balaban J connectivity index is 2.42. The topological polar surface area (TPSA) is 58.0 Å². The highest BCUT2D eigenvalue weighted by Crippen LogP contribution is 2.25. The van der Waals surface area contributed by atoms with Gasteiger partial charge in [0.2, 0.25) is 5.43 Å². The van der Waals surface area contributed by atoms with Crippen LogP contribution in [0.4, 0.5) is 0 Å². The van der Waals surface area contributed by atoms with Gasteiger partial charge in [0.25, 0.3) is 0 Å². The number of hydrogen-bond acceptors (Lipinski definition) is 2. The number of hydrogen-bond donors (Lipinski definition) is 2. The Hall–Kier alpha value is -2.75. The molecule has 0 bridgehead atoms. The number of nitrogens with zero attached hydrogens (tertiary/aromatic N) is 1. The number of pyridine rings is 1. The second kappa shape index (κ2) is 3.38. The van der Waals surface area contributed by atoms with E-state index < -0.39 is 0 Å². The molecule has 0 unspecified atom stereocenters. The van der Waals surface area contributed by atoms with Crippen molar-refractivity contribution in [3.05, 3.63) is 58.8 Å². The average molecular weight is 250 g/mol. The van der Waals surface area contributed by atoms with E-state index in [1.807, 2.05) is 36.4 Å². The minimum absolute atomic E-state index is 0.164. The quantitative estimate of drug-likeness (QED) is 0.471. The molecule has 4 rings (SSSR count). The molecule has 2 aromatic carbocycles. The fourth-order valence-corrected chi connectivity index (χ4v) is 2.61. The maximum Gasteiger partial charge on any atom is 0.217 e. The molecule has 0 atom stereocenters. The molecular formula is C15H10N2O2. The summed E-state index contributed by atoms with van der Waals surface area (Å²) in [6, 6.07) is 14.7. The zero-order valence-corrected chi connectivity index (χ0v) is 9.92. The second-order valence-corrected chi connectivity index (χ2v) is 4.55. The molecule has 0 saturated heterocycles. The Morgan fingerprint density at radius 2 is 1.63 bits per heavy atom. The van der Waals surface area contributed by atoms with Crippen molar-refractivity contribution < 1.29 is 5.21 Å². The summed E-state index contributed by atoms with van der Waals surface area (Å²) in [5.74, 6) is 0. The second-order valence-electron chi connectivity index (χ2n) is 4.55. The third-order valence-corrected chi connectivity index (χ3v) is 3.50. The van der Waals surface area contributed by atoms with Gasteiger partial charge in [0, 0.05) is 16.3 Å². The molecule has 2 heterocycles. The van der Waals surface area contributed by atoms with Crippen molar-refractivity contribution in [1.82, 2.24) is 9.71 Å². The van der Waals surface area contributed by atoms with Crippen molar-refractivity contribution in [2.75, 3.05) is 0 Å². The third-order valence-electron chi connectivity index (χ3n) is 3.50. The molecule has 4 nitrogen and oxygen atoms in total. The summed E-state index contributed by atoms with van der Waals surface area (Å²) in [5, 5.41) is 11.6. The first-order chi connectivity index (χ1) is 9.27. The number of fused-ring (bicyclic) bond motifs is 4. The molecule has 0 amide bonds. The van der Waals surface area contributed by atoms with Crippen LogP contribution in [0.3, 0.4) is 0 Å². The van der Waals surface area contributed by atoms with Gasteiger partial charge in [-0.2, -0.15) is 4.73 Å². The van der Waals surface area contributed by atoms with Gasteiger partial charge in [0.15, 0.2) is 5.52 Å². The van der Waals surface area contributed by atoms with Crippen molar-refractivity contribution in [3.63, 3.8) is 0 Å². The summed E-state index contributed by atoms with van der Waals surface area (Å²) >= 11 is 0. The van der Waals surface area contributed by atoms with Crippen LogP contribution in [-0.2, 0) is 0 Å². The van der Waals surface area contributed by atoms with Gasteiger partial charge in [0.1, 0.15) is 0 Å². The summed E-state index contributed by atoms with van der Waals surface area (Å²) < 4.78 is 0.968. The Kier molecular flexibility index (Phi) is 1.82. The first kappa shape index (κ1) is 10.2. The van der Waals surface area contributed by atoms with Crippen LogP contribution in [0.5, 0.6) is 0 Å². The maximum absolute atomic E-state index is 12.5. The third kappa shape index (κ3) is 1.20. The molecular weight excluding hydrogens is 240 g/mol. The summed E-state index contributed by atoms with van der Waals surface area (Å²) in [7, 11) is 0. The summed E-state index contributed by atoms with van der Waals surface area (Å²) in [6.07, 6.45) is 0. The molecule has 19 heavy (non-hydrogen) atoms. The Morgan fingerprint density at radius 3 is 2.47 bits per heavy atom. The monoisotopic (exact) mass is 250 g/mol. The van der Waals surface area contributed by atoms with Crippen molar-refractivity contribution in [3.8, 4) is 0 Å². The number of nitrogens with one attached hydrogen (secondary N) is 1. The molecule has 0 radical (unpaired) electrons. The molecule has 0 saturated carbocycles. The predicted molar refractivity (Wildman–Crippen MR) is 74.8 cm³/mol. The Labute approximate surface area is 107 Å². The molecule has 0 fully saturated rings. The van der Waals surface area contributed by atoms with Gasteiger partial charge in [-0.25, -0.2) is 0 Å². The highest BCUT2D eigenvalue weighted by molar-refractivity contribution is 6.08. The largest absolute Gasteiger partial charge is 0.428 e. The minimum atomic E-state index is -0.164. The van der Waals surface area contributed by atoms with Crippen LogP contribution >= 0.6 is 0 Å². The standard InChI is InChI=1S/C15H10N2O2/c18-15-9-5-1-3-7-11(9)16-13-10-6-2-4-8-12(10)17(19)14(13)15/h1-8,19H,(H,16,18). The van der Waals surface area contributed by atoms with Gasteiger partial charge >= 0.3 is 0 Å². The summed E-state index contributed by atoms with van der Waals surface area (Å²) in [6.45, 7) is 0. The number of H-pyrrole nitrogens is 1. The van der Waals surface area contributed by atoms with Crippen molar-refractivity contribution in [2.45, 2.75) is 0 Å². The van der Waals surface area contributed by atoms with Crippen LogP contribution in [0, 0.1) is 0 Å². The normalized spacial score (nSPS) is 11.6. The van der Waals surface area contributed by atoms with Crippen LogP contribution < -0.4 is 5.43 Å². The zero-order valence-electron chi connectivity index (χ0n) is 9.92. The molecule has 0 aliphatic carbocycles. The first-order valence-electron chi connectivity index (χ1n) is 6.01. The smallest absolute Gasteiger partial charge is 0.217 e. The van der Waals surface area contributed by atoms with Gasteiger partial charge in [0.05, 0.1) is 11.0 Å². The van der Waals surface area contributed by atoms with Gasteiger partial charge in [-0.1, -0.05) is 30.3 Å². The van der Waals surface area contributed by atoms with Gasteiger partial charge in [-0.15, -0.1) is 0 Å². The zero-order chi connectivity index (χ0) is 13.0. The molecule has 0 aliphatic rings. The Bertz CT molecular complexity index is 995. The number of aromatic amines is 1. The summed E-state index contributed by atoms with van der Waals surface area (Å²) in [5.41, 5.74) is 2.20. The molecule has 0 aliphatic heterocycles. The van der Waals surface area contributed by atoms with Crippen LogP contribution in [0.2, 0.25) is 0 Å². The van der Waals surface area contributed by atoms with E-state index in [0.717, 1.165) is 15.6 Å². The molecule has 92 valence electrons. The number of rotatable bonds is 0. The van der Waals surface area contributed by atoms with E-state index in [0.29, 0.717) is 21.9 Å². The molecule has 0 spiro atoms. The van der Waals surface area contributed by atoms with Crippen molar-refractivity contribution in [2.24, 2.45) is 0 Å². The van der Waals surface area contributed by atoms with E-state index in [1.165, 1.54) is 0 Å². The first-order valence-corrected chi connectivity index (χ1v) is 6.01. The van der Waals surface area contributed by atoms with Crippen LogP contribution in [-0.4, -0.2) is 14.9 Å². The maximum atomic E-state index is 12.5. The van der Waals surface area contributed by atoms with Gasteiger partial charge in [-0.3, -0.25) is 4.79 Å². The van der Waals surface area contributed by atoms with E-state index in [4.69, 9.17) is 0 Å². The molecule has 2 aromatic heterocycles. The average Bonchev–Trinajstić information content (AvgIpc) is 2.74. The number of para-hydroxylation sites is 2. The molecule has 2 N–H and O–H groups in total. The van der Waals surface area contributed by atoms with E-state index in [1.54, 1.807) is 12.1 Å². The molecule has 4 heteroatoms. The van der Waals surface area contributed by atoms with E-state index in [2.05, 4.69) is 4.98 Å². The SMILES string of the molecule is O=c1c2ccccc2[nH]c2c3ccccc3n(O)c12. The van der Waals surface area contributed by atoms with Crippen molar-refractivity contribution in [1.29, 1.82) is 0 Å². The van der Waals surface area contributed by atoms with E-state index in [9.17, 15) is 10.0 Å². The lowest BCUT2D eigenvalue weighted by molar-refractivity contribution is 0.212. The fourth-order valence-electron chi connectivity index (χ4n) is 2.61. The lowest BCUT2D eigenvalue weighted by atomic mass is 10.1. The van der Waals surface area contributed by atoms with Gasteiger partial charge < -0.3 is 10.2 Å².